The molecular weight excluding hydrogens is 302 g/mol. The van der Waals surface area contributed by atoms with Crippen molar-refractivity contribution in [3.63, 3.8) is 0 Å². The highest BCUT2D eigenvalue weighted by Crippen LogP contribution is 2.38. The summed E-state index contributed by atoms with van der Waals surface area (Å²) in [6, 6.07) is 3.47. The Morgan fingerprint density at radius 1 is 1.40 bits per heavy atom. The van der Waals surface area contributed by atoms with Crippen LogP contribution in [0.25, 0.3) is 0 Å². The molecule has 0 saturated carbocycles. The van der Waals surface area contributed by atoms with Crippen LogP contribution in [0.5, 0.6) is 11.5 Å². The predicted octanol–water partition coefficient (Wildman–Crippen LogP) is 2.14. The zero-order valence-corrected chi connectivity index (χ0v) is 11.8. The van der Waals surface area contributed by atoms with E-state index in [2.05, 4.69) is 15.5 Å². The number of hydrogen-bond donors (Lipinski definition) is 1. The van der Waals surface area contributed by atoms with Gasteiger partial charge in [0, 0.05) is 0 Å². The summed E-state index contributed by atoms with van der Waals surface area (Å²) in [5, 5.41) is 11.0. The maximum Gasteiger partial charge on any atom is 0.230 e. The molecule has 1 aromatic heterocycles. The van der Waals surface area contributed by atoms with Crippen molar-refractivity contribution in [1.29, 1.82) is 0 Å². The van der Waals surface area contributed by atoms with Gasteiger partial charge < -0.3 is 14.8 Å². The van der Waals surface area contributed by atoms with Gasteiger partial charge in [-0.15, -0.1) is 10.2 Å². The molecule has 104 valence electrons. The molecule has 20 heavy (non-hydrogen) atoms. The summed E-state index contributed by atoms with van der Waals surface area (Å²) in [7, 11) is 0. The van der Waals surface area contributed by atoms with E-state index in [-0.39, 0.29) is 12.3 Å². The van der Waals surface area contributed by atoms with E-state index in [0.29, 0.717) is 34.9 Å². The van der Waals surface area contributed by atoms with E-state index in [4.69, 9.17) is 21.1 Å². The first-order valence-corrected chi connectivity index (χ1v) is 7.12. The fourth-order valence-corrected chi connectivity index (χ4v) is 2.59. The van der Waals surface area contributed by atoms with Crippen LogP contribution in [0, 0.1) is 0 Å². The summed E-state index contributed by atoms with van der Waals surface area (Å²) in [5.74, 6) is 0.920. The SMILES string of the molecule is O=C(Cc1cc(Cl)c2c(c1)OCCO2)Nc1nncs1. The molecule has 0 spiro atoms. The highest BCUT2D eigenvalue weighted by Gasteiger charge is 2.17. The Morgan fingerprint density at radius 3 is 3.05 bits per heavy atom. The quantitative estimate of drug-likeness (QED) is 0.940. The van der Waals surface area contributed by atoms with Gasteiger partial charge in [0.15, 0.2) is 11.5 Å². The number of amides is 1. The summed E-state index contributed by atoms with van der Waals surface area (Å²) in [6.07, 6.45) is 0.177. The van der Waals surface area contributed by atoms with Crippen LogP contribution in [0.1, 0.15) is 5.56 Å². The lowest BCUT2D eigenvalue weighted by Gasteiger charge is -2.20. The highest BCUT2D eigenvalue weighted by atomic mass is 35.5. The number of hydrogen-bond acceptors (Lipinski definition) is 6. The molecule has 1 aliphatic rings. The monoisotopic (exact) mass is 311 g/mol. The van der Waals surface area contributed by atoms with E-state index in [1.165, 1.54) is 11.3 Å². The minimum absolute atomic E-state index is 0.177. The van der Waals surface area contributed by atoms with Crippen LogP contribution < -0.4 is 14.8 Å². The fraction of sp³-hybridized carbons (Fsp3) is 0.250. The number of rotatable bonds is 3. The summed E-state index contributed by atoms with van der Waals surface area (Å²) in [6.45, 7) is 0.952. The lowest BCUT2D eigenvalue weighted by Crippen LogP contribution is -2.17. The molecule has 0 radical (unpaired) electrons. The zero-order chi connectivity index (χ0) is 13.9. The predicted molar refractivity (Wildman–Crippen MR) is 74.7 cm³/mol. The molecule has 0 saturated heterocycles. The Hall–Kier alpha value is -1.86. The first-order valence-electron chi connectivity index (χ1n) is 5.86. The first-order chi connectivity index (χ1) is 9.72. The van der Waals surface area contributed by atoms with Crippen molar-refractivity contribution in [3.05, 3.63) is 28.2 Å². The zero-order valence-electron chi connectivity index (χ0n) is 10.3. The Labute approximate surface area is 123 Å². The summed E-state index contributed by atoms with van der Waals surface area (Å²) in [4.78, 5) is 11.9. The molecule has 0 atom stereocenters. The van der Waals surface area contributed by atoms with Gasteiger partial charge in [-0.1, -0.05) is 22.9 Å². The molecule has 1 N–H and O–H groups in total. The number of carbonyl (C=O) groups is 1. The first kappa shape index (κ1) is 13.1. The minimum Gasteiger partial charge on any atom is -0.486 e. The van der Waals surface area contributed by atoms with Crippen molar-refractivity contribution in [3.8, 4) is 11.5 Å². The molecule has 6 nitrogen and oxygen atoms in total. The summed E-state index contributed by atoms with van der Waals surface area (Å²) in [5.41, 5.74) is 2.30. The Kier molecular flexibility index (Phi) is 3.70. The number of nitrogens with zero attached hydrogens (tertiary/aromatic N) is 2. The maximum absolute atomic E-state index is 11.9. The second-order valence-corrected chi connectivity index (χ2v) is 5.31. The molecular formula is C12H10ClN3O3S. The number of nitrogens with one attached hydrogen (secondary N) is 1. The van der Waals surface area contributed by atoms with Gasteiger partial charge in [0.05, 0.1) is 11.4 Å². The molecule has 1 aliphatic heterocycles. The third-order valence-corrected chi connectivity index (χ3v) is 3.52. The van der Waals surface area contributed by atoms with E-state index in [0.717, 1.165) is 5.56 Å². The molecule has 1 aromatic carbocycles. The van der Waals surface area contributed by atoms with Crippen molar-refractivity contribution >= 4 is 34.0 Å². The Bertz CT molecular complexity index is 633. The van der Waals surface area contributed by atoms with Crippen molar-refractivity contribution in [2.75, 3.05) is 18.5 Å². The molecule has 2 aromatic rings. The van der Waals surface area contributed by atoms with Crippen LogP contribution in [0.3, 0.4) is 0 Å². The van der Waals surface area contributed by atoms with E-state index in [1.54, 1.807) is 17.6 Å². The van der Waals surface area contributed by atoms with E-state index >= 15 is 0 Å². The molecule has 8 heteroatoms. The van der Waals surface area contributed by atoms with Gasteiger partial charge in [-0.25, -0.2) is 0 Å². The second-order valence-electron chi connectivity index (χ2n) is 4.07. The highest BCUT2D eigenvalue weighted by molar-refractivity contribution is 7.13. The van der Waals surface area contributed by atoms with Gasteiger partial charge in [0.25, 0.3) is 0 Å². The van der Waals surface area contributed by atoms with Gasteiger partial charge in [-0.05, 0) is 17.7 Å². The lowest BCUT2D eigenvalue weighted by atomic mass is 10.1. The van der Waals surface area contributed by atoms with Gasteiger partial charge in [-0.2, -0.15) is 0 Å². The van der Waals surface area contributed by atoms with E-state index < -0.39 is 0 Å². The standard InChI is InChI=1S/C12H10ClN3O3S/c13-8-3-7(4-9-11(8)19-2-1-18-9)5-10(17)15-12-16-14-6-20-12/h3-4,6H,1-2,5H2,(H,15,16,17). The van der Waals surface area contributed by atoms with Gasteiger partial charge in [0.2, 0.25) is 11.0 Å². The second kappa shape index (κ2) is 5.64. The topological polar surface area (TPSA) is 73.3 Å². The molecule has 0 fully saturated rings. The lowest BCUT2D eigenvalue weighted by molar-refractivity contribution is -0.115. The number of anilines is 1. The summed E-state index contributed by atoms with van der Waals surface area (Å²) < 4.78 is 10.9. The van der Waals surface area contributed by atoms with E-state index in [9.17, 15) is 4.79 Å². The number of ether oxygens (including phenoxy) is 2. The van der Waals surface area contributed by atoms with Crippen LogP contribution in [0.4, 0.5) is 5.13 Å². The van der Waals surface area contributed by atoms with Crippen LogP contribution >= 0.6 is 22.9 Å². The minimum atomic E-state index is -0.186. The van der Waals surface area contributed by atoms with Crippen LogP contribution in [-0.4, -0.2) is 29.3 Å². The van der Waals surface area contributed by atoms with Crippen molar-refractivity contribution in [2.24, 2.45) is 0 Å². The van der Waals surface area contributed by atoms with Crippen molar-refractivity contribution in [1.82, 2.24) is 10.2 Å². The number of aromatic nitrogens is 2. The van der Waals surface area contributed by atoms with Gasteiger partial charge in [0.1, 0.15) is 18.7 Å². The number of halogens is 1. The van der Waals surface area contributed by atoms with Gasteiger partial charge >= 0.3 is 0 Å². The number of carbonyl (C=O) groups excluding carboxylic acids is 1. The van der Waals surface area contributed by atoms with Crippen LogP contribution in [0.2, 0.25) is 5.02 Å². The Morgan fingerprint density at radius 2 is 2.25 bits per heavy atom. The third-order valence-electron chi connectivity index (χ3n) is 2.63. The molecule has 2 heterocycles. The fourth-order valence-electron chi connectivity index (χ4n) is 1.84. The molecule has 1 amide bonds. The number of benzene rings is 1. The van der Waals surface area contributed by atoms with Crippen molar-refractivity contribution < 1.29 is 14.3 Å². The van der Waals surface area contributed by atoms with E-state index in [1.807, 2.05) is 0 Å². The molecule has 3 rings (SSSR count). The summed E-state index contributed by atoms with van der Waals surface area (Å²) >= 11 is 7.38. The average Bonchev–Trinajstić information content (AvgIpc) is 2.91. The van der Waals surface area contributed by atoms with Crippen LogP contribution in [-0.2, 0) is 11.2 Å². The number of fused-ring (bicyclic) bond motifs is 1. The smallest absolute Gasteiger partial charge is 0.230 e. The molecule has 0 aliphatic carbocycles. The average molecular weight is 312 g/mol. The third kappa shape index (κ3) is 2.83. The molecule has 0 bridgehead atoms. The van der Waals surface area contributed by atoms with Crippen molar-refractivity contribution in [2.45, 2.75) is 6.42 Å². The Balaban J connectivity index is 1.74. The maximum atomic E-state index is 11.9. The van der Waals surface area contributed by atoms with Gasteiger partial charge in [-0.3, -0.25) is 4.79 Å². The largest absolute Gasteiger partial charge is 0.486 e. The molecule has 0 unspecified atom stereocenters. The normalized spacial score (nSPS) is 13.1. The van der Waals surface area contributed by atoms with Crippen LogP contribution in [0.15, 0.2) is 17.6 Å².